The van der Waals surface area contributed by atoms with Gasteiger partial charge in [0.05, 0.1) is 16.1 Å². The molecule has 3 aliphatic carbocycles. The van der Waals surface area contributed by atoms with E-state index in [-0.39, 0.29) is 0 Å². The molecule has 2 heterocycles. The number of allylic oxidation sites excluding steroid dienone is 2. The molecule has 3 atom stereocenters. The average Bonchev–Trinajstić information content (AvgIpc) is 3.44. The highest BCUT2D eigenvalue weighted by Gasteiger charge is 2.62. The second kappa shape index (κ2) is 7.26. The zero-order valence-electron chi connectivity index (χ0n) is 18.9. The van der Waals surface area contributed by atoms with Crippen molar-refractivity contribution in [3.05, 3.63) is 36.0 Å². The minimum Gasteiger partial charge on any atom is -0.341 e. The second-order valence-corrected chi connectivity index (χ2v) is 12.5. The van der Waals surface area contributed by atoms with Crippen LogP contribution >= 0.6 is 0 Å². The number of rotatable bonds is 5. The number of nitrogens with zero attached hydrogens (tertiary/aromatic N) is 3. The number of sulfone groups is 1. The van der Waals surface area contributed by atoms with Gasteiger partial charge in [0, 0.05) is 30.8 Å². The molecule has 0 amide bonds. The van der Waals surface area contributed by atoms with E-state index < -0.39 is 9.84 Å². The number of benzene rings is 1. The molecule has 1 aromatic heterocycles. The molecule has 1 saturated heterocycles. The van der Waals surface area contributed by atoms with Crippen molar-refractivity contribution in [1.29, 1.82) is 0 Å². The minimum atomic E-state index is -3.26. The third-order valence-electron chi connectivity index (χ3n) is 8.57. The predicted octanol–water partition coefficient (Wildman–Crippen LogP) is 3.50. The highest BCUT2D eigenvalue weighted by Crippen LogP contribution is 2.69. The van der Waals surface area contributed by atoms with E-state index in [1.54, 1.807) is 12.1 Å². The van der Waals surface area contributed by atoms with Gasteiger partial charge in [0.25, 0.3) is 0 Å². The first-order valence-electron chi connectivity index (χ1n) is 12.0. The lowest BCUT2D eigenvalue weighted by Crippen LogP contribution is -2.44. The number of nitrogens with one attached hydrogen (secondary N) is 1. The molecule has 6 nitrogen and oxygen atoms in total. The van der Waals surface area contributed by atoms with E-state index in [2.05, 4.69) is 22.4 Å². The summed E-state index contributed by atoms with van der Waals surface area (Å²) in [6, 6.07) is 5.69. The first-order valence-corrected chi connectivity index (χ1v) is 13.9. The van der Waals surface area contributed by atoms with Crippen molar-refractivity contribution in [1.82, 2.24) is 15.3 Å². The van der Waals surface area contributed by atoms with E-state index in [0.717, 1.165) is 61.3 Å². The van der Waals surface area contributed by atoms with Crippen LogP contribution in [0.2, 0.25) is 0 Å². The van der Waals surface area contributed by atoms with Gasteiger partial charge >= 0.3 is 0 Å². The lowest BCUT2D eigenvalue weighted by atomic mass is 9.88. The number of hydrogen-bond acceptors (Lipinski definition) is 6. The maximum absolute atomic E-state index is 12.0. The van der Waals surface area contributed by atoms with Crippen LogP contribution in [0.15, 0.2) is 35.2 Å². The van der Waals surface area contributed by atoms with E-state index in [9.17, 15) is 8.42 Å². The van der Waals surface area contributed by atoms with Crippen molar-refractivity contribution < 1.29 is 8.42 Å². The summed E-state index contributed by atoms with van der Waals surface area (Å²) in [6.07, 6.45) is 12.7. The van der Waals surface area contributed by atoms with Crippen molar-refractivity contribution in [2.24, 2.45) is 23.2 Å². The first kappa shape index (κ1) is 20.6. The van der Waals surface area contributed by atoms with Crippen LogP contribution in [0.1, 0.15) is 37.8 Å². The van der Waals surface area contributed by atoms with Crippen LogP contribution in [0.25, 0.3) is 10.9 Å². The van der Waals surface area contributed by atoms with Crippen molar-refractivity contribution in [2.45, 2.75) is 50.0 Å². The molecule has 1 aromatic carbocycles. The van der Waals surface area contributed by atoms with Gasteiger partial charge in [-0.1, -0.05) is 12.2 Å². The highest BCUT2D eigenvalue weighted by molar-refractivity contribution is 7.90. The fourth-order valence-corrected chi connectivity index (χ4v) is 7.22. The van der Waals surface area contributed by atoms with E-state index in [0.29, 0.717) is 27.8 Å². The van der Waals surface area contributed by atoms with Crippen molar-refractivity contribution >= 4 is 26.7 Å². The molecule has 1 aliphatic heterocycles. The maximum atomic E-state index is 12.0. The normalized spacial score (nSPS) is 28.8. The third kappa shape index (κ3) is 3.36. The van der Waals surface area contributed by atoms with Crippen LogP contribution in [-0.4, -0.2) is 50.3 Å². The largest absolute Gasteiger partial charge is 0.341 e. The van der Waals surface area contributed by atoms with Gasteiger partial charge in [-0.3, -0.25) is 0 Å². The molecule has 2 bridgehead atoms. The molecule has 0 unspecified atom stereocenters. The van der Waals surface area contributed by atoms with Gasteiger partial charge in [-0.2, -0.15) is 0 Å². The van der Waals surface area contributed by atoms with Crippen molar-refractivity contribution in [2.75, 3.05) is 30.8 Å². The summed E-state index contributed by atoms with van der Waals surface area (Å²) in [5, 5.41) is 4.79. The molecule has 6 rings (SSSR count). The van der Waals surface area contributed by atoms with Gasteiger partial charge in [-0.05, 0) is 86.9 Å². The Labute approximate surface area is 190 Å². The Morgan fingerprint density at radius 3 is 2.62 bits per heavy atom. The van der Waals surface area contributed by atoms with Crippen LogP contribution in [0.4, 0.5) is 5.95 Å². The standard InChI is InChI=1S/C25H32N4O2S/c1-16-21-5-4-20(32(2,30)31)14-23(21)28-24(27-16)29-11-7-19(8-12-29)26-15-17-13-18-3-6-22(17)25(18)9-10-25/h3-6,14,17-19,22,26H,7-13,15H2,1-2H3/t17-,18+,22+/m1/s1. The average molecular weight is 453 g/mol. The van der Waals surface area contributed by atoms with Gasteiger partial charge < -0.3 is 10.2 Å². The third-order valence-corrected chi connectivity index (χ3v) is 9.68. The zero-order valence-corrected chi connectivity index (χ0v) is 19.7. The molecule has 32 heavy (non-hydrogen) atoms. The Kier molecular flexibility index (Phi) is 4.67. The number of fused-ring (bicyclic) bond motifs is 1. The molecular weight excluding hydrogens is 420 g/mol. The molecule has 2 saturated carbocycles. The molecule has 170 valence electrons. The Morgan fingerprint density at radius 2 is 1.94 bits per heavy atom. The van der Waals surface area contributed by atoms with Gasteiger partial charge in [-0.15, -0.1) is 0 Å². The summed E-state index contributed by atoms with van der Waals surface area (Å²) >= 11 is 0. The topological polar surface area (TPSA) is 75.2 Å². The molecule has 1 N–H and O–H groups in total. The highest BCUT2D eigenvalue weighted by atomic mass is 32.2. The van der Waals surface area contributed by atoms with Crippen LogP contribution in [0.5, 0.6) is 0 Å². The quantitative estimate of drug-likeness (QED) is 0.700. The predicted molar refractivity (Wildman–Crippen MR) is 127 cm³/mol. The van der Waals surface area contributed by atoms with Crippen molar-refractivity contribution in [3.8, 4) is 0 Å². The summed E-state index contributed by atoms with van der Waals surface area (Å²) in [5.74, 6) is 3.22. The van der Waals surface area contributed by atoms with E-state index in [1.165, 1.54) is 25.5 Å². The lowest BCUT2D eigenvalue weighted by Gasteiger charge is -2.34. The van der Waals surface area contributed by atoms with Gasteiger partial charge in [-0.25, -0.2) is 18.4 Å². The Hall–Kier alpha value is -1.99. The summed E-state index contributed by atoms with van der Waals surface area (Å²) in [7, 11) is -3.26. The lowest BCUT2D eigenvalue weighted by molar-refractivity contribution is 0.322. The van der Waals surface area contributed by atoms with E-state index in [4.69, 9.17) is 9.97 Å². The summed E-state index contributed by atoms with van der Waals surface area (Å²) in [4.78, 5) is 12.0. The number of aromatic nitrogens is 2. The molecule has 1 spiro atoms. The maximum Gasteiger partial charge on any atom is 0.226 e. The Morgan fingerprint density at radius 1 is 1.16 bits per heavy atom. The smallest absolute Gasteiger partial charge is 0.226 e. The second-order valence-electron chi connectivity index (χ2n) is 10.5. The number of hydrogen-bond donors (Lipinski definition) is 1. The van der Waals surface area contributed by atoms with Gasteiger partial charge in [0.1, 0.15) is 0 Å². The van der Waals surface area contributed by atoms with Crippen LogP contribution in [0.3, 0.4) is 0 Å². The van der Waals surface area contributed by atoms with Crippen LogP contribution in [-0.2, 0) is 9.84 Å². The number of aryl methyl sites for hydroxylation is 1. The molecular formula is C25H32N4O2S. The van der Waals surface area contributed by atoms with E-state index in [1.807, 2.05) is 13.0 Å². The molecule has 3 fully saturated rings. The van der Waals surface area contributed by atoms with E-state index >= 15 is 0 Å². The fourth-order valence-electron chi connectivity index (χ4n) is 6.58. The summed E-state index contributed by atoms with van der Waals surface area (Å²) in [6.45, 7) is 4.97. The van der Waals surface area contributed by atoms with Crippen LogP contribution < -0.4 is 10.2 Å². The zero-order chi connectivity index (χ0) is 22.1. The van der Waals surface area contributed by atoms with Crippen molar-refractivity contribution in [3.63, 3.8) is 0 Å². The number of anilines is 1. The van der Waals surface area contributed by atoms with Crippen LogP contribution in [0, 0.1) is 30.1 Å². The Balaban J connectivity index is 1.10. The minimum absolute atomic E-state index is 0.306. The monoisotopic (exact) mass is 452 g/mol. The van der Waals surface area contributed by atoms with Gasteiger partial charge in [0.2, 0.25) is 5.95 Å². The number of piperidine rings is 1. The first-order chi connectivity index (χ1) is 15.3. The summed E-state index contributed by atoms with van der Waals surface area (Å²) < 4.78 is 23.9. The molecule has 7 heteroatoms. The Bertz CT molecular complexity index is 1200. The SMILES string of the molecule is Cc1nc(N2CCC(NC[C@H]3C[C@@H]4C=C[C@@H]3C43CC3)CC2)nc2cc(S(C)(=O)=O)ccc12. The molecule has 0 radical (unpaired) electrons. The molecule has 4 aliphatic rings. The van der Waals surface area contributed by atoms with Gasteiger partial charge in [0.15, 0.2) is 9.84 Å². The fraction of sp³-hybridized carbons (Fsp3) is 0.600. The summed E-state index contributed by atoms with van der Waals surface area (Å²) in [5.41, 5.74) is 2.27. The molecule has 2 aromatic rings.